The number of hydrogen-bond acceptors (Lipinski definition) is 3. The average molecular weight is 358 g/mol. The second-order valence-electron chi connectivity index (χ2n) is 4.46. The van der Waals surface area contributed by atoms with E-state index in [0.717, 1.165) is 18.2 Å². The summed E-state index contributed by atoms with van der Waals surface area (Å²) >= 11 is -0.305. The van der Waals surface area contributed by atoms with E-state index in [1.807, 2.05) is 5.43 Å². The van der Waals surface area contributed by atoms with E-state index in [4.69, 9.17) is 0 Å². The quantitative estimate of drug-likeness (QED) is 0.502. The van der Waals surface area contributed by atoms with Gasteiger partial charge in [-0.15, -0.1) is 0 Å². The van der Waals surface area contributed by atoms with E-state index in [-0.39, 0.29) is 27.8 Å². The predicted molar refractivity (Wildman–Crippen MR) is 79.7 cm³/mol. The van der Waals surface area contributed by atoms with E-state index in [0.29, 0.717) is 0 Å². The highest BCUT2D eigenvalue weighted by Crippen LogP contribution is 2.36. The summed E-state index contributed by atoms with van der Waals surface area (Å²) in [4.78, 5) is 23.5. The van der Waals surface area contributed by atoms with E-state index >= 15 is 0 Å². The molecule has 0 atom stereocenters. The van der Waals surface area contributed by atoms with Crippen LogP contribution >= 0.6 is 11.8 Å². The first-order valence-electron chi connectivity index (χ1n) is 6.47. The van der Waals surface area contributed by atoms with Crippen molar-refractivity contribution in [2.75, 3.05) is 0 Å². The molecule has 0 aliphatic rings. The Morgan fingerprint density at radius 1 is 0.875 bits per heavy atom. The van der Waals surface area contributed by atoms with Crippen LogP contribution in [-0.2, 0) is 0 Å². The summed E-state index contributed by atoms with van der Waals surface area (Å²) in [5.41, 5.74) is -0.551. The normalized spacial score (nSPS) is 11.0. The number of carbonyl (C=O) groups is 2. The molecule has 0 spiro atoms. The molecule has 0 saturated carbocycles. The van der Waals surface area contributed by atoms with Gasteiger partial charge in [-0.25, -0.2) is 4.39 Å². The van der Waals surface area contributed by atoms with E-state index < -0.39 is 23.1 Å². The summed E-state index contributed by atoms with van der Waals surface area (Å²) in [5, 5.41) is 0. The maximum Gasteiger partial charge on any atom is 0.446 e. The fourth-order valence-corrected chi connectivity index (χ4v) is 2.25. The fourth-order valence-electron chi connectivity index (χ4n) is 1.71. The monoisotopic (exact) mass is 358 g/mol. The molecule has 0 aromatic heterocycles. The number of rotatable bonds is 3. The van der Waals surface area contributed by atoms with Crippen LogP contribution in [0.1, 0.15) is 20.7 Å². The third-order valence-electron chi connectivity index (χ3n) is 2.76. The molecule has 0 aliphatic carbocycles. The highest BCUT2D eigenvalue weighted by atomic mass is 32.2. The smallest absolute Gasteiger partial charge is 0.267 e. The van der Waals surface area contributed by atoms with Crippen molar-refractivity contribution in [3.8, 4) is 0 Å². The van der Waals surface area contributed by atoms with Crippen molar-refractivity contribution in [2.24, 2.45) is 0 Å². The molecule has 2 N–H and O–H groups in total. The Bertz CT molecular complexity index is 748. The minimum absolute atomic E-state index is 0.0374. The van der Waals surface area contributed by atoms with Gasteiger partial charge in [0.05, 0.1) is 5.56 Å². The standard InChI is InChI=1S/C15H10F4N2O2S/c16-12-4-2-1-3-11(12)14(23)21-20-13(22)9-5-7-10(8-6-9)24-15(17,18)19/h1-8H,(H,20,22)(H,21,23). The summed E-state index contributed by atoms with van der Waals surface area (Å²) in [6, 6.07) is 9.81. The molecule has 4 nitrogen and oxygen atoms in total. The lowest BCUT2D eigenvalue weighted by atomic mass is 10.2. The zero-order valence-electron chi connectivity index (χ0n) is 11.9. The van der Waals surface area contributed by atoms with Gasteiger partial charge in [-0.1, -0.05) is 12.1 Å². The SMILES string of the molecule is O=C(NNC(=O)c1ccccc1F)c1ccc(SC(F)(F)F)cc1. The first-order chi connectivity index (χ1) is 11.3. The van der Waals surface area contributed by atoms with Crippen LogP contribution in [0.2, 0.25) is 0 Å². The van der Waals surface area contributed by atoms with Gasteiger partial charge in [0.2, 0.25) is 0 Å². The molecular formula is C15H10F4N2O2S. The highest BCUT2D eigenvalue weighted by Gasteiger charge is 2.29. The van der Waals surface area contributed by atoms with Gasteiger partial charge in [-0.05, 0) is 48.2 Å². The molecule has 9 heteroatoms. The first kappa shape index (κ1) is 17.8. The molecule has 2 amide bonds. The molecule has 0 aliphatic heterocycles. The van der Waals surface area contributed by atoms with Gasteiger partial charge in [0.25, 0.3) is 11.8 Å². The summed E-state index contributed by atoms with van der Waals surface area (Å²) in [6.45, 7) is 0. The maximum absolute atomic E-state index is 13.4. The lowest BCUT2D eigenvalue weighted by Crippen LogP contribution is -2.41. The molecule has 2 aromatic rings. The number of nitrogens with one attached hydrogen (secondary N) is 2. The van der Waals surface area contributed by atoms with Crippen LogP contribution in [0.25, 0.3) is 0 Å². The second kappa shape index (κ2) is 7.35. The van der Waals surface area contributed by atoms with Gasteiger partial charge in [0, 0.05) is 10.5 Å². The number of carbonyl (C=O) groups excluding carboxylic acids is 2. The number of amides is 2. The molecule has 0 heterocycles. The molecule has 2 rings (SSSR count). The van der Waals surface area contributed by atoms with Crippen LogP contribution in [0, 0.1) is 5.82 Å². The van der Waals surface area contributed by atoms with Crippen LogP contribution in [0.15, 0.2) is 53.4 Å². The number of hydrazine groups is 1. The highest BCUT2D eigenvalue weighted by molar-refractivity contribution is 8.00. The average Bonchev–Trinajstić information content (AvgIpc) is 2.52. The molecule has 0 saturated heterocycles. The van der Waals surface area contributed by atoms with Gasteiger partial charge >= 0.3 is 5.51 Å². The zero-order chi connectivity index (χ0) is 17.7. The lowest BCUT2D eigenvalue weighted by Gasteiger charge is -2.09. The van der Waals surface area contributed by atoms with Crippen molar-refractivity contribution in [2.45, 2.75) is 10.4 Å². The third-order valence-corrected chi connectivity index (χ3v) is 3.50. The van der Waals surface area contributed by atoms with Crippen LogP contribution in [-0.4, -0.2) is 17.3 Å². The summed E-state index contributed by atoms with van der Waals surface area (Å²) in [6.07, 6.45) is 0. The van der Waals surface area contributed by atoms with Crippen molar-refractivity contribution in [1.82, 2.24) is 10.9 Å². The Balaban J connectivity index is 1.95. The number of benzene rings is 2. The van der Waals surface area contributed by atoms with E-state index in [9.17, 15) is 27.2 Å². The van der Waals surface area contributed by atoms with Gasteiger partial charge in [-0.3, -0.25) is 20.4 Å². The minimum Gasteiger partial charge on any atom is -0.267 e. The number of halogens is 4. The second-order valence-corrected chi connectivity index (χ2v) is 5.60. The number of alkyl halides is 3. The van der Waals surface area contributed by atoms with Gasteiger partial charge in [0.15, 0.2) is 0 Å². The summed E-state index contributed by atoms with van der Waals surface area (Å²) in [7, 11) is 0. The molecule has 24 heavy (non-hydrogen) atoms. The minimum atomic E-state index is -4.42. The predicted octanol–water partition coefficient (Wildman–Crippen LogP) is 3.51. The van der Waals surface area contributed by atoms with E-state index in [1.54, 1.807) is 0 Å². The van der Waals surface area contributed by atoms with Crippen molar-refractivity contribution < 1.29 is 27.2 Å². The Kier molecular flexibility index (Phi) is 5.45. The van der Waals surface area contributed by atoms with Gasteiger partial charge in [-0.2, -0.15) is 13.2 Å². The van der Waals surface area contributed by atoms with Crippen molar-refractivity contribution >= 4 is 23.6 Å². The third kappa shape index (κ3) is 4.98. The molecule has 0 unspecified atom stereocenters. The van der Waals surface area contributed by atoms with Crippen LogP contribution in [0.4, 0.5) is 17.6 Å². The maximum atomic E-state index is 13.4. The van der Waals surface area contributed by atoms with Crippen molar-refractivity contribution in [3.05, 3.63) is 65.5 Å². The molecule has 2 aromatic carbocycles. The van der Waals surface area contributed by atoms with E-state index in [2.05, 4.69) is 5.43 Å². The van der Waals surface area contributed by atoms with Crippen LogP contribution < -0.4 is 10.9 Å². The van der Waals surface area contributed by atoms with Crippen LogP contribution in [0.5, 0.6) is 0 Å². The Labute approximate surface area is 138 Å². The lowest BCUT2D eigenvalue weighted by molar-refractivity contribution is -0.0328. The van der Waals surface area contributed by atoms with Crippen LogP contribution in [0.3, 0.4) is 0 Å². The summed E-state index contributed by atoms with van der Waals surface area (Å²) in [5.74, 6) is -2.35. The molecule has 0 bridgehead atoms. The Morgan fingerprint density at radius 3 is 2.04 bits per heavy atom. The number of thioether (sulfide) groups is 1. The van der Waals surface area contributed by atoms with Gasteiger partial charge < -0.3 is 0 Å². The first-order valence-corrected chi connectivity index (χ1v) is 7.29. The molecule has 0 fully saturated rings. The molecular weight excluding hydrogens is 348 g/mol. The zero-order valence-corrected chi connectivity index (χ0v) is 12.7. The Hall–Kier alpha value is -2.55. The molecule has 0 radical (unpaired) electrons. The number of hydrogen-bond donors (Lipinski definition) is 2. The Morgan fingerprint density at radius 2 is 1.46 bits per heavy atom. The van der Waals surface area contributed by atoms with Gasteiger partial charge in [0.1, 0.15) is 5.82 Å². The van der Waals surface area contributed by atoms with Crippen molar-refractivity contribution in [3.63, 3.8) is 0 Å². The summed E-state index contributed by atoms with van der Waals surface area (Å²) < 4.78 is 50.0. The largest absolute Gasteiger partial charge is 0.446 e. The molecule has 126 valence electrons. The topological polar surface area (TPSA) is 58.2 Å². The van der Waals surface area contributed by atoms with E-state index in [1.165, 1.54) is 30.3 Å². The fraction of sp³-hybridized carbons (Fsp3) is 0.0667. The van der Waals surface area contributed by atoms with Crippen molar-refractivity contribution in [1.29, 1.82) is 0 Å².